The molecule has 2 aromatic rings. The lowest BCUT2D eigenvalue weighted by atomic mass is 9.89. The van der Waals surface area contributed by atoms with Gasteiger partial charge in [0.1, 0.15) is 4.88 Å². The van der Waals surface area contributed by atoms with Crippen LogP contribution in [0.3, 0.4) is 0 Å². The molecule has 0 saturated carbocycles. The minimum atomic E-state index is -0.961. The molecular formula is C19H22N2O5S. The number of methoxy groups -OCH3 is 2. The highest BCUT2D eigenvalue weighted by Gasteiger charge is 2.35. The zero-order valence-corrected chi connectivity index (χ0v) is 16.6. The van der Waals surface area contributed by atoms with Crippen molar-refractivity contribution < 1.29 is 24.2 Å². The van der Waals surface area contributed by atoms with Crippen LogP contribution in [0.25, 0.3) is 0 Å². The number of carboxylic acid groups (broad SMARTS) is 1. The lowest BCUT2D eigenvalue weighted by Crippen LogP contribution is -2.41. The Balaban J connectivity index is 2.05. The van der Waals surface area contributed by atoms with Crippen LogP contribution in [0.2, 0.25) is 0 Å². The minimum absolute atomic E-state index is 0.176. The number of rotatable bonds is 5. The van der Waals surface area contributed by atoms with Crippen LogP contribution in [-0.4, -0.2) is 47.6 Å². The van der Waals surface area contributed by atoms with Crippen molar-refractivity contribution in [3.05, 3.63) is 38.8 Å². The number of carbonyl (C=O) groups excluding carboxylic acids is 1. The molecule has 8 heteroatoms. The molecule has 1 atom stereocenters. The van der Waals surface area contributed by atoms with Gasteiger partial charge < -0.3 is 19.5 Å². The van der Waals surface area contributed by atoms with Crippen molar-refractivity contribution in [1.82, 2.24) is 9.88 Å². The number of aryl methyl sites for hydroxylation is 2. The summed E-state index contributed by atoms with van der Waals surface area (Å²) in [6.45, 7) is 4.09. The van der Waals surface area contributed by atoms with Crippen LogP contribution in [0.1, 0.15) is 44.0 Å². The first kappa shape index (κ1) is 19.2. The van der Waals surface area contributed by atoms with Gasteiger partial charge in [-0.3, -0.25) is 9.59 Å². The van der Waals surface area contributed by atoms with Gasteiger partial charge in [-0.1, -0.05) is 0 Å². The lowest BCUT2D eigenvalue weighted by Gasteiger charge is -2.37. The van der Waals surface area contributed by atoms with Gasteiger partial charge >= 0.3 is 5.97 Å². The van der Waals surface area contributed by atoms with Crippen molar-refractivity contribution >= 4 is 23.2 Å². The highest BCUT2D eigenvalue weighted by Crippen LogP contribution is 2.40. The number of benzene rings is 1. The SMILES string of the molecule is COc1cc2c(cc1OC)C(CC(=O)O)N(C(=O)c1sc(C)nc1C)CC2. The van der Waals surface area contributed by atoms with Gasteiger partial charge in [0.2, 0.25) is 0 Å². The average Bonchev–Trinajstić information content (AvgIpc) is 2.98. The van der Waals surface area contributed by atoms with Gasteiger partial charge in [-0.15, -0.1) is 11.3 Å². The van der Waals surface area contributed by atoms with E-state index in [1.807, 2.05) is 13.0 Å². The second kappa shape index (κ2) is 7.56. The molecule has 1 aliphatic heterocycles. The summed E-state index contributed by atoms with van der Waals surface area (Å²) in [5.74, 6) is -0.0211. The van der Waals surface area contributed by atoms with Crippen molar-refractivity contribution in [2.24, 2.45) is 0 Å². The molecule has 0 fully saturated rings. The van der Waals surface area contributed by atoms with E-state index in [0.717, 1.165) is 16.1 Å². The maximum Gasteiger partial charge on any atom is 0.305 e. The number of hydrogen-bond acceptors (Lipinski definition) is 6. The highest BCUT2D eigenvalue weighted by atomic mass is 32.1. The first-order valence-corrected chi connectivity index (χ1v) is 9.39. The number of nitrogens with zero attached hydrogens (tertiary/aromatic N) is 2. The van der Waals surface area contributed by atoms with Crippen LogP contribution in [-0.2, 0) is 11.2 Å². The van der Waals surface area contributed by atoms with Crippen LogP contribution >= 0.6 is 11.3 Å². The Bertz CT molecular complexity index is 892. The molecule has 27 heavy (non-hydrogen) atoms. The third-order valence-corrected chi connectivity index (χ3v) is 5.79. The highest BCUT2D eigenvalue weighted by molar-refractivity contribution is 7.13. The smallest absolute Gasteiger partial charge is 0.305 e. The summed E-state index contributed by atoms with van der Waals surface area (Å²) < 4.78 is 10.7. The fourth-order valence-electron chi connectivity index (χ4n) is 3.52. The quantitative estimate of drug-likeness (QED) is 0.844. The van der Waals surface area contributed by atoms with Gasteiger partial charge in [0.15, 0.2) is 11.5 Å². The monoisotopic (exact) mass is 390 g/mol. The Hall–Kier alpha value is -2.61. The topological polar surface area (TPSA) is 89.0 Å². The molecule has 3 rings (SSSR count). The molecule has 1 N–H and O–H groups in total. The van der Waals surface area contributed by atoms with Gasteiger partial charge in [-0.05, 0) is 43.5 Å². The summed E-state index contributed by atoms with van der Waals surface area (Å²) >= 11 is 1.34. The van der Waals surface area contributed by atoms with Crippen LogP contribution < -0.4 is 9.47 Å². The van der Waals surface area contributed by atoms with E-state index in [9.17, 15) is 14.7 Å². The van der Waals surface area contributed by atoms with Gasteiger partial charge in [0, 0.05) is 6.54 Å². The van der Waals surface area contributed by atoms with Gasteiger partial charge in [0.05, 0.1) is 37.4 Å². The number of aromatic nitrogens is 1. The summed E-state index contributed by atoms with van der Waals surface area (Å²) in [7, 11) is 3.10. The molecule has 0 saturated heterocycles. The van der Waals surface area contributed by atoms with Crippen molar-refractivity contribution in [2.75, 3.05) is 20.8 Å². The van der Waals surface area contributed by atoms with Crippen molar-refractivity contribution in [1.29, 1.82) is 0 Å². The summed E-state index contributed by atoms with van der Waals surface area (Å²) in [6.07, 6.45) is 0.444. The van der Waals surface area contributed by atoms with E-state index in [1.54, 1.807) is 25.0 Å². The van der Waals surface area contributed by atoms with Crippen LogP contribution in [0.4, 0.5) is 0 Å². The summed E-state index contributed by atoms with van der Waals surface area (Å²) in [6, 6.07) is 3.08. The summed E-state index contributed by atoms with van der Waals surface area (Å²) in [5.41, 5.74) is 2.43. The van der Waals surface area contributed by atoms with E-state index in [0.29, 0.717) is 35.0 Å². The molecule has 144 valence electrons. The molecule has 2 heterocycles. The number of aliphatic carboxylic acids is 1. The normalized spacial score (nSPS) is 16.0. The predicted octanol–water partition coefficient (Wildman–Crippen LogP) is 2.99. The minimum Gasteiger partial charge on any atom is -0.493 e. The van der Waals surface area contributed by atoms with Gasteiger partial charge in [-0.25, -0.2) is 4.98 Å². The summed E-state index contributed by atoms with van der Waals surface area (Å²) in [4.78, 5) is 31.2. The van der Waals surface area contributed by atoms with E-state index in [2.05, 4.69) is 4.98 Å². The van der Waals surface area contributed by atoms with Crippen LogP contribution in [0.5, 0.6) is 11.5 Å². The Kier molecular flexibility index (Phi) is 5.36. The van der Waals surface area contributed by atoms with E-state index in [-0.39, 0.29) is 12.3 Å². The van der Waals surface area contributed by atoms with Crippen LogP contribution in [0, 0.1) is 13.8 Å². The molecule has 0 bridgehead atoms. The Labute approximate surface area is 161 Å². The fraction of sp³-hybridized carbons (Fsp3) is 0.421. The van der Waals surface area contributed by atoms with E-state index >= 15 is 0 Å². The molecular weight excluding hydrogens is 368 g/mol. The number of fused-ring (bicyclic) bond motifs is 1. The molecule has 0 radical (unpaired) electrons. The standard InChI is InChI=1S/C19H22N2O5S/c1-10-18(27-11(2)20-10)19(24)21-6-5-12-7-15(25-3)16(26-4)8-13(12)14(21)9-17(22)23/h7-8,14H,5-6,9H2,1-4H3,(H,22,23). The third kappa shape index (κ3) is 3.62. The van der Waals surface area contributed by atoms with E-state index in [4.69, 9.17) is 9.47 Å². The Morgan fingerprint density at radius 1 is 1.26 bits per heavy atom. The Morgan fingerprint density at radius 2 is 1.93 bits per heavy atom. The number of hydrogen-bond donors (Lipinski definition) is 1. The number of thiazole rings is 1. The number of amides is 1. The third-order valence-electron chi connectivity index (χ3n) is 4.73. The number of ether oxygens (including phenoxy) is 2. The maximum absolute atomic E-state index is 13.2. The number of carbonyl (C=O) groups is 2. The average molecular weight is 390 g/mol. The van der Waals surface area contributed by atoms with Gasteiger partial charge in [0.25, 0.3) is 5.91 Å². The van der Waals surface area contributed by atoms with E-state index in [1.165, 1.54) is 18.4 Å². The molecule has 1 aromatic carbocycles. The molecule has 0 spiro atoms. The van der Waals surface area contributed by atoms with E-state index < -0.39 is 12.0 Å². The fourth-order valence-corrected chi connectivity index (χ4v) is 4.39. The maximum atomic E-state index is 13.2. The van der Waals surface area contributed by atoms with Crippen LogP contribution in [0.15, 0.2) is 12.1 Å². The molecule has 1 amide bonds. The second-order valence-corrected chi connectivity index (χ2v) is 7.62. The van der Waals surface area contributed by atoms with Crippen molar-refractivity contribution in [2.45, 2.75) is 32.7 Å². The zero-order chi connectivity index (χ0) is 19.7. The first-order chi connectivity index (χ1) is 12.8. The molecule has 7 nitrogen and oxygen atoms in total. The first-order valence-electron chi connectivity index (χ1n) is 8.57. The second-order valence-electron chi connectivity index (χ2n) is 6.42. The van der Waals surface area contributed by atoms with Gasteiger partial charge in [-0.2, -0.15) is 0 Å². The Morgan fingerprint density at radius 3 is 2.48 bits per heavy atom. The largest absolute Gasteiger partial charge is 0.493 e. The lowest BCUT2D eigenvalue weighted by molar-refractivity contribution is -0.138. The zero-order valence-electron chi connectivity index (χ0n) is 15.7. The molecule has 1 unspecified atom stereocenters. The number of carboxylic acids is 1. The summed E-state index contributed by atoms with van der Waals surface area (Å²) in [5, 5.41) is 10.3. The molecule has 0 aliphatic carbocycles. The predicted molar refractivity (Wildman–Crippen MR) is 101 cm³/mol. The molecule has 1 aliphatic rings. The van der Waals surface area contributed by atoms with Crippen molar-refractivity contribution in [3.8, 4) is 11.5 Å². The van der Waals surface area contributed by atoms with Crippen molar-refractivity contribution in [3.63, 3.8) is 0 Å². The molecule has 1 aromatic heterocycles.